The molecular formula is C17H22BClN3S. The van der Waals surface area contributed by atoms with Crippen molar-refractivity contribution >= 4 is 46.4 Å². The minimum absolute atomic E-state index is 0.724. The molecule has 1 radical (unpaired) electrons. The monoisotopic (exact) mass is 346 g/mol. The average molecular weight is 347 g/mol. The average Bonchev–Trinajstić information content (AvgIpc) is 3.18. The number of pyridine rings is 1. The molecule has 0 saturated heterocycles. The fourth-order valence-electron chi connectivity index (χ4n) is 2.49. The van der Waals surface area contributed by atoms with Crippen LogP contribution in [0.15, 0.2) is 23.1 Å². The lowest BCUT2D eigenvalue weighted by Crippen LogP contribution is -2.21. The molecule has 0 aliphatic carbocycles. The van der Waals surface area contributed by atoms with Gasteiger partial charge in [0.15, 0.2) is 7.28 Å². The summed E-state index contributed by atoms with van der Waals surface area (Å²) in [6.45, 7) is 8.88. The van der Waals surface area contributed by atoms with Gasteiger partial charge >= 0.3 is 0 Å². The Hall–Kier alpha value is -1.33. The fourth-order valence-corrected chi connectivity index (χ4v) is 3.34. The number of thiazole rings is 1. The van der Waals surface area contributed by atoms with Crippen LogP contribution in [0, 0.1) is 6.92 Å². The highest BCUT2D eigenvalue weighted by Crippen LogP contribution is 2.30. The Balaban J connectivity index is 0.000000924. The van der Waals surface area contributed by atoms with E-state index in [4.69, 9.17) is 11.6 Å². The lowest BCUT2D eigenvalue weighted by molar-refractivity contribution is 0.947. The Morgan fingerprint density at radius 1 is 1.35 bits per heavy atom. The van der Waals surface area contributed by atoms with Crippen molar-refractivity contribution in [1.29, 1.82) is 0 Å². The summed E-state index contributed by atoms with van der Waals surface area (Å²) in [5.41, 5.74) is 5.24. The lowest BCUT2D eigenvalue weighted by atomic mass is 9.65. The molecule has 2 aromatic rings. The number of fused-ring (bicyclic) bond motifs is 1. The highest BCUT2D eigenvalue weighted by Gasteiger charge is 2.25. The quantitative estimate of drug-likeness (QED) is 0.808. The summed E-state index contributed by atoms with van der Waals surface area (Å²) < 4.78 is 0. The molecule has 0 aromatic carbocycles. The molecule has 121 valence electrons. The van der Waals surface area contributed by atoms with E-state index in [1.165, 1.54) is 5.47 Å². The topological polar surface area (TPSA) is 37.8 Å². The van der Waals surface area contributed by atoms with E-state index < -0.39 is 0 Å². The minimum atomic E-state index is 0.724. The normalized spacial score (nSPS) is 12.4. The number of rotatable bonds is 5. The number of hydrogen-bond acceptors (Lipinski definition) is 4. The van der Waals surface area contributed by atoms with E-state index in [1.54, 1.807) is 11.3 Å². The van der Waals surface area contributed by atoms with Crippen LogP contribution in [0.25, 0.3) is 5.03 Å². The fraction of sp³-hybridized carbons (Fsp3) is 0.412. The number of nitrogens with one attached hydrogen (secondary N) is 1. The van der Waals surface area contributed by atoms with E-state index in [9.17, 15) is 0 Å². The molecule has 2 aromatic heterocycles. The van der Waals surface area contributed by atoms with Crippen LogP contribution >= 0.6 is 22.9 Å². The molecule has 0 amide bonds. The van der Waals surface area contributed by atoms with Crippen LogP contribution < -0.4 is 10.8 Å². The van der Waals surface area contributed by atoms with Gasteiger partial charge in [0, 0.05) is 23.0 Å². The third kappa shape index (κ3) is 4.15. The first-order valence-corrected chi connectivity index (χ1v) is 9.32. The maximum atomic E-state index is 6.48. The van der Waals surface area contributed by atoms with Crippen LogP contribution in [0.3, 0.4) is 0 Å². The molecule has 0 unspecified atom stereocenters. The zero-order chi connectivity index (χ0) is 16.8. The van der Waals surface area contributed by atoms with E-state index in [-0.39, 0.29) is 0 Å². The summed E-state index contributed by atoms with van der Waals surface area (Å²) in [6, 6.07) is 2.07. The molecule has 3 rings (SSSR count). The van der Waals surface area contributed by atoms with Gasteiger partial charge in [-0.25, -0.2) is 4.98 Å². The molecule has 23 heavy (non-hydrogen) atoms. The molecule has 0 saturated carbocycles. The maximum absolute atomic E-state index is 6.48. The summed E-state index contributed by atoms with van der Waals surface area (Å²) in [4.78, 5) is 8.90. The van der Waals surface area contributed by atoms with Gasteiger partial charge in [0.05, 0.1) is 17.3 Å². The molecule has 1 aliphatic heterocycles. The van der Waals surface area contributed by atoms with Crippen LogP contribution in [0.1, 0.15) is 50.0 Å². The smallest absolute Gasteiger partial charge is 0.193 e. The standard InChI is InChI=1S/C15H16BClN3S.C2H6/c1-3-4-10-14(17)15-13(16-10)11(7-9(2)20-15)19-8-12-18-5-6-21-12;1-2/h5-7H,3-4,8H2,1-2H3,(H,19,20);1-2H3. The van der Waals surface area contributed by atoms with E-state index in [0.717, 1.165) is 52.0 Å². The molecule has 3 nitrogen and oxygen atoms in total. The number of allylic oxidation sites excluding steroid dienone is 1. The van der Waals surface area contributed by atoms with Crippen molar-refractivity contribution in [1.82, 2.24) is 9.97 Å². The molecular weight excluding hydrogens is 325 g/mol. The second-order valence-electron chi connectivity index (χ2n) is 5.09. The van der Waals surface area contributed by atoms with Gasteiger partial charge < -0.3 is 5.32 Å². The zero-order valence-corrected chi connectivity index (χ0v) is 15.7. The minimum Gasteiger partial charge on any atom is -0.379 e. The molecule has 6 heteroatoms. The lowest BCUT2D eigenvalue weighted by Gasteiger charge is -2.11. The van der Waals surface area contributed by atoms with Crippen molar-refractivity contribution in [2.45, 2.75) is 47.1 Å². The molecule has 0 bridgehead atoms. The number of aromatic nitrogens is 2. The van der Waals surface area contributed by atoms with Crippen molar-refractivity contribution in [3.8, 4) is 0 Å². The summed E-state index contributed by atoms with van der Waals surface area (Å²) in [7, 11) is 2.16. The van der Waals surface area contributed by atoms with Crippen molar-refractivity contribution in [2.75, 3.05) is 5.32 Å². The van der Waals surface area contributed by atoms with Gasteiger partial charge in [0.1, 0.15) is 5.01 Å². The van der Waals surface area contributed by atoms with Crippen LogP contribution in [0.5, 0.6) is 0 Å². The predicted molar refractivity (Wildman–Crippen MR) is 103 cm³/mol. The first kappa shape index (κ1) is 18.0. The predicted octanol–water partition coefficient (Wildman–Crippen LogP) is 4.54. The van der Waals surface area contributed by atoms with Crippen molar-refractivity contribution in [3.05, 3.63) is 39.5 Å². The third-order valence-electron chi connectivity index (χ3n) is 3.43. The Morgan fingerprint density at radius 2 is 2.13 bits per heavy atom. The van der Waals surface area contributed by atoms with Crippen molar-refractivity contribution < 1.29 is 0 Å². The maximum Gasteiger partial charge on any atom is 0.193 e. The van der Waals surface area contributed by atoms with Crippen LogP contribution in [0.2, 0.25) is 0 Å². The van der Waals surface area contributed by atoms with Gasteiger partial charge in [-0.15, -0.1) is 11.3 Å². The van der Waals surface area contributed by atoms with Crippen molar-refractivity contribution in [3.63, 3.8) is 0 Å². The van der Waals surface area contributed by atoms with Gasteiger partial charge in [0.2, 0.25) is 0 Å². The third-order valence-corrected chi connectivity index (χ3v) is 4.63. The number of nitrogens with zero attached hydrogens (tertiary/aromatic N) is 2. The largest absolute Gasteiger partial charge is 0.379 e. The molecule has 0 fully saturated rings. The first-order valence-electron chi connectivity index (χ1n) is 8.06. The van der Waals surface area contributed by atoms with Gasteiger partial charge in [-0.1, -0.05) is 44.3 Å². The van der Waals surface area contributed by atoms with E-state index >= 15 is 0 Å². The number of halogens is 1. The Kier molecular flexibility index (Phi) is 6.66. The van der Waals surface area contributed by atoms with Crippen LogP contribution in [-0.2, 0) is 6.54 Å². The van der Waals surface area contributed by atoms with Crippen LogP contribution in [0.4, 0.5) is 5.69 Å². The van der Waals surface area contributed by atoms with Gasteiger partial charge in [-0.2, -0.15) is 0 Å². The molecule has 0 spiro atoms. The van der Waals surface area contributed by atoms with Gasteiger partial charge in [0.25, 0.3) is 0 Å². The summed E-state index contributed by atoms with van der Waals surface area (Å²) >= 11 is 8.13. The first-order chi connectivity index (χ1) is 11.2. The Bertz CT molecular complexity index is 683. The van der Waals surface area contributed by atoms with E-state index in [0.29, 0.717) is 0 Å². The highest BCUT2D eigenvalue weighted by atomic mass is 35.5. The van der Waals surface area contributed by atoms with Gasteiger partial charge in [-0.05, 0) is 24.9 Å². The highest BCUT2D eigenvalue weighted by molar-refractivity contribution is 7.09. The second kappa shape index (κ2) is 8.51. The number of hydrogen-bond donors (Lipinski definition) is 1. The Morgan fingerprint density at radius 3 is 2.78 bits per heavy atom. The van der Waals surface area contributed by atoms with E-state index in [2.05, 4.69) is 35.6 Å². The molecule has 3 heterocycles. The summed E-state index contributed by atoms with van der Waals surface area (Å²) in [6.07, 6.45) is 3.89. The zero-order valence-electron chi connectivity index (χ0n) is 14.1. The SMILES string of the molecule is CC.CCCC1=C(Cl)c2nc(C)cc(NCc3nccs3)c2[B]1. The summed E-state index contributed by atoms with van der Waals surface area (Å²) in [5, 5.41) is 7.32. The number of anilines is 1. The second-order valence-corrected chi connectivity index (χ2v) is 6.44. The number of aryl methyl sites for hydroxylation is 1. The summed E-state index contributed by atoms with van der Waals surface area (Å²) in [5.74, 6) is 0. The van der Waals surface area contributed by atoms with Crippen molar-refractivity contribution in [2.24, 2.45) is 0 Å². The van der Waals surface area contributed by atoms with Crippen LogP contribution in [-0.4, -0.2) is 17.2 Å². The Labute approximate surface area is 148 Å². The molecule has 1 aliphatic rings. The molecule has 1 N–H and O–H groups in total. The van der Waals surface area contributed by atoms with E-state index in [1.807, 2.05) is 32.3 Å². The molecule has 0 atom stereocenters. The van der Waals surface area contributed by atoms with Gasteiger partial charge in [-0.3, -0.25) is 4.98 Å².